The number of hydrogen-bond acceptors (Lipinski definition) is 4. The molecule has 19 heavy (non-hydrogen) atoms. The smallest absolute Gasteiger partial charge is 0.126 e. The zero-order chi connectivity index (χ0) is 13.8. The van der Waals surface area contributed by atoms with Gasteiger partial charge in [-0.05, 0) is 31.0 Å². The molecular weight excluding hydrogens is 249 g/mol. The van der Waals surface area contributed by atoms with Crippen LogP contribution in [-0.2, 0) is 6.42 Å². The van der Waals surface area contributed by atoms with Gasteiger partial charge in [-0.2, -0.15) is 0 Å². The number of β-amino-alcohol motifs (C(OH)–C–C–N with tert-alkyl or cyclic N) is 2. The molecule has 3 atom stereocenters. The van der Waals surface area contributed by atoms with Crippen LogP contribution in [0.25, 0.3) is 0 Å². The van der Waals surface area contributed by atoms with Crippen LogP contribution in [0.5, 0.6) is 0 Å². The first-order chi connectivity index (χ1) is 9.08. The fourth-order valence-corrected chi connectivity index (χ4v) is 2.45. The van der Waals surface area contributed by atoms with E-state index in [-0.39, 0.29) is 5.82 Å². The molecule has 0 bridgehead atoms. The van der Waals surface area contributed by atoms with Gasteiger partial charge >= 0.3 is 0 Å². The van der Waals surface area contributed by atoms with Gasteiger partial charge in [0, 0.05) is 13.1 Å². The van der Waals surface area contributed by atoms with Crippen LogP contribution in [0, 0.1) is 5.82 Å². The second-order valence-electron chi connectivity index (χ2n) is 5.08. The Kier molecular flexibility index (Phi) is 4.87. The second kappa shape index (κ2) is 6.43. The number of hydrogen-bond donors (Lipinski definition) is 3. The molecule has 0 spiro atoms. The minimum absolute atomic E-state index is 0.198. The molecule has 1 saturated heterocycles. The van der Waals surface area contributed by atoms with Crippen molar-refractivity contribution < 1.29 is 19.7 Å². The Hall–Kier alpha value is -1.01. The van der Waals surface area contributed by atoms with Gasteiger partial charge in [0.05, 0.1) is 12.2 Å². The molecule has 1 fully saturated rings. The number of likely N-dealkylation sites (tertiary alicyclic amines) is 1. The van der Waals surface area contributed by atoms with Crippen molar-refractivity contribution in [3.05, 3.63) is 35.6 Å². The first-order valence-electron chi connectivity index (χ1n) is 6.58. The van der Waals surface area contributed by atoms with E-state index >= 15 is 0 Å². The van der Waals surface area contributed by atoms with Gasteiger partial charge < -0.3 is 15.3 Å². The lowest BCUT2D eigenvalue weighted by atomic mass is 10.0. The summed E-state index contributed by atoms with van der Waals surface area (Å²) < 4.78 is 13.4. The van der Waals surface area contributed by atoms with Crippen LogP contribution >= 0.6 is 0 Å². The van der Waals surface area contributed by atoms with Crippen molar-refractivity contribution in [1.82, 2.24) is 4.90 Å². The summed E-state index contributed by atoms with van der Waals surface area (Å²) in [5.41, 5.74) is 0.681. The molecule has 0 aromatic heterocycles. The van der Waals surface area contributed by atoms with Crippen LogP contribution < -0.4 is 0 Å². The number of benzene rings is 1. The van der Waals surface area contributed by atoms with Gasteiger partial charge in [0.1, 0.15) is 11.9 Å². The third-order valence-corrected chi connectivity index (χ3v) is 3.56. The van der Waals surface area contributed by atoms with Gasteiger partial charge in [-0.1, -0.05) is 18.2 Å². The van der Waals surface area contributed by atoms with Crippen LogP contribution in [0.1, 0.15) is 12.0 Å². The Morgan fingerprint density at radius 2 is 1.74 bits per heavy atom. The topological polar surface area (TPSA) is 63.9 Å². The molecule has 2 rings (SSSR count). The predicted molar refractivity (Wildman–Crippen MR) is 69.2 cm³/mol. The number of rotatable bonds is 4. The van der Waals surface area contributed by atoms with Crippen molar-refractivity contribution in [3.8, 4) is 0 Å². The third kappa shape index (κ3) is 3.73. The lowest BCUT2D eigenvalue weighted by molar-refractivity contribution is -0.109. The Labute approximate surface area is 112 Å². The van der Waals surface area contributed by atoms with Gasteiger partial charge in [0.15, 0.2) is 0 Å². The van der Waals surface area contributed by atoms with E-state index in [9.17, 15) is 19.7 Å². The summed E-state index contributed by atoms with van der Waals surface area (Å²) >= 11 is 0. The number of nitrogens with zero attached hydrogens (tertiary/aromatic N) is 1. The predicted octanol–water partition coefficient (Wildman–Crippen LogP) is 0.157. The molecule has 0 amide bonds. The quantitative estimate of drug-likeness (QED) is 0.728. The summed E-state index contributed by atoms with van der Waals surface area (Å²) in [6, 6.07) is 6.68. The number of piperidine rings is 1. The lowest BCUT2D eigenvalue weighted by Crippen LogP contribution is -2.55. The van der Waals surface area contributed by atoms with Gasteiger partial charge in [0.25, 0.3) is 0 Å². The summed E-state index contributed by atoms with van der Waals surface area (Å²) in [5, 5.41) is 28.6. The monoisotopic (exact) mass is 269 g/mol. The van der Waals surface area contributed by atoms with Crippen LogP contribution in [-0.4, -0.2) is 58.2 Å². The fourth-order valence-electron chi connectivity index (χ4n) is 2.45. The van der Waals surface area contributed by atoms with E-state index in [0.717, 1.165) is 6.42 Å². The Morgan fingerprint density at radius 1 is 1.11 bits per heavy atom. The lowest BCUT2D eigenvalue weighted by Gasteiger charge is -2.36. The molecule has 1 heterocycles. The molecule has 0 radical (unpaired) electrons. The molecule has 3 N–H and O–H groups in total. The standard InChI is InChI=1S/C14H20FNO3/c15-11-6-2-1-4-10(11)5-3-7-16-8-12(17)14(19)13(18)9-16/h1-2,4,6,12-14,17-19H,3,5,7-9H2/t12-,13+,14+. The molecule has 0 unspecified atom stereocenters. The van der Waals surface area contributed by atoms with Crippen molar-refractivity contribution in [2.24, 2.45) is 0 Å². The maximum Gasteiger partial charge on any atom is 0.126 e. The van der Waals surface area contributed by atoms with Gasteiger partial charge in [-0.3, -0.25) is 4.90 Å². The van der Waals surface area contributed by atoms with Gasteiger partial charge in [-0.15, -0.1) is 0 Å². The first-order valence-corrected chi connectivity index (χ1v) is 6.58. The molecule has 4 nitrogen and oxygen atoms in total. The highest BCUT2D eigenvalue weighted by Crippen LogP contribution is 2.14. The van der Waals surface area contributed by atoms with Crippen molar-refractivity contribution >= 4 is 0 Å². The van der Waals surface area contributed by atoms with E-state index in [2.05, 4.69) is 0 Å². The zero-order valence-electron chi connectivity index (χ0n) is 10.7. The van der Waals surface area contributed by atoms with Crippen molar-refractivity contribution in [2.45, 2.75) is 31.2 Å². The van der Waals surface area contributed by atoms with E-state index in [4.69, 9.17) is 0 Å². The maximum absolute atomic E-state index is 13.4. The molecule has 5 heteroatoms. The second-order valence-corrected chi connectivity index (χ2v) is 5.08. The summed E-state index contributed by atoms with van der Waals surface area (Å²) in [7, 11) is 0. The number of aryl methyl sites for hydroxylation is 1. The summed E-state index contributed by atoms with van der Waals surface area (Å²) in [6.07, 6.45) is -1.54. The highest BCUT2D eigenvalue weighted by atomic mass is 19.1. The molecule has 0 saturated carbocycles. The minimum Gasteiger partial charge on any atom is -0.389 e. The van der Waals surface area contributed by atoms with Crippen molar-refractivity contribution in [1.29, 1.82) is 0 Å². The molecule has 106 valence electrons. The van der Waals surface area contributed by atoms with Crippen LogP contribution in [0.3, 0.4) is 0 Å². The summed E-state index contributed by atoms with van der Waals surface area (Å²) in [4.78, 5) is 1.89. The maximum atomic E-state index is 13.4. The zero-order valence-corrected chi connectivity index (χ0v) is 10.7. The Morgan fingerprint density at radius 3 is 2.37 bits per heavy atom. The van der Waals surface area contributed by atoms with Gasteiger partial charge in [-0.25, -0.2) is 4.39 Å². The normalized spacial score (nSPS) is 28.5. The fraction of sp³-hybridized carbons (Fsp3) is 0.571. The Balaban J connectivity index is 1.79. The molecule has 0 aliphatic carbocycles. The van der Waals surface area contributed by atoms with E-state index in [1.165, 1.54) is 6.07 Å². The third-order valence-electron chi connectivity index (χ3n) is 3.56. The number of aliphatic hydroxyl groups is 3. The molecule has 1 aromatic rings. The van der Waals surface area contributed by atoms with E-state index in [0.29, 0.717) is 31.6 Å². The van der Waals surface area contributed by atoms with E-state index in [1.807, 2.05) is 11.0 Å². The van der Waals surface area contributed by atoms with E-state index < -0.39 is 18.3 Å². The minimum atomic E-state index is -1.07. The van der Waals surface area contributed by atoms with Crippen molar-refractivity contribution in [3.63, 3.8) is 0 Å². The first kappa shape index (κ1) is 14.4. The summed E-state index contributed by atoms with van der Waals surface area (Å²) in [5.74, 6) is -0.198. The van der Waals surface area contributed by atoms with Crippen LogP contribution in [0.15, 0.2) is 24.3 Å². The molecule has 1 aliphatic rings. The highest BCUT2D eigenvalue weighted by molar-refractivity contribution is 5.17. The van der Waals surface area contributed by atoms with Gasteiger partial charge in [0.2, 0.25) is 0 Å². The number of aliphatic hydroxyl groups excluding tert-OH is 3. The highest BCUT2D eigenvalue weighted by Gasteiger charge is 2.32. The average molecular weight is 269 g/mol. The molecular formula is C14H20FNO3. The Bertz CT molecular complexity index is 403. The van der Waals surface area contributed by atoms with Crippen LogP contribution in [0.4, 0.5) is 4.39 Å². The van der Waals surface area contributed by atoms with Crippen LogP contribution in [0.2, 0.25) is 0 Å². The van der Waals surface area contributed by atoms with E-state index in [1.54, 1.807) is 12.1 Å². The number of halogens is 1. The largest absolute Gasteiger partial charge is 0.389 e. The molecule has 1 aromatic carbocycles. The SMILES string of the molecule is O[C@H]1[C@H](O)CN(CCCc2ccccc2F)C[C@@H]1O. The molecule has 1 aliphatic heterocycles. The average Bonchev–Trinajstić information content (AvgIpc) is 2.38. The summed E-state index contributed by atoms with van der Waals surface area (Å²) in [6.45, 7) is 1.35. The van der Waals surface area contributed by atoms with Crippen molar-refractivity contribution in [2.75, 3.05) is 19.6 Å².